The van der Waals surface area contributed by atoms with Gasteiger partial charge in [-0.15, -0.1) is 0 Å². The van der Waals surface area contributed by atoms with Gasteiger partial charge in [-0.2, -0.15) is 13.2 Å². The van der Waals surface area contributed by atoms with Crippen LogP contribution in [0.4, 0.5) is 24.5 Å². The number of rotatable bonds is 1. The van der Waals surface area contributed by atoms with Crippen LogP contribution < -0.4 is 10.2 Å². The van der Waals surface area contributed by atoms with E-state index in [1.165, 1.54) is 6.07 Å². The van der Waals surface area contributed by atoms with Crippen LogP contribution in [0.1, 0.15) is 11.1 Å². The zero-order chi connectivity index (χ0) is 15.7. The van der Waals surface area contributed by atoms with Gasteiger partial charge in [0, 0.05) is 17.9 Å². The molecule has 2 aromatic carbocycles. The molecule has 3 nitrogen and oxygen atoms in total. The van der Waals surface area contributed by atoms with Gasteiger partial charge < -0.3 is 10.2 Å². The fourth-order valence-electron chi connectivity index (χ4n) is 2.47. The smallest absolute Gasteiger partial charge is 0.358 e. The van der Waals surface area contributed by atoms with Crippen molar-refractivity contribution in [3.63, 3.8) is 0 Å². The Kier molecular flexibility index (Phi) is 3.52. The van der Waals surface area contributed by atoms with Gasteiger partial charge in [0.2, 0.25) is 5.91 Å². The van der Waals surface area contributed by atoms with E-state index in [1.807, 2.05) is 12.1 Å². The number of benzene rings is 2. The van der Waals surface area contributed by atoms with Gasteiger partial charge in [-0.05, 0) is 29.8 Å². The van der Waals surface area contributed by atoms with E-state index in [2.05, 4.69) is 5.32 Å². The summed E-state index contributed by atoms with van der Waals surface area (Å²) in [6.07, 6.45) is -4.40. The van der Waals surface area contributed by atoms with E-state index in [9.17, 15) is 18.0 Å². The van der Waals surface area contributed by atoms with Crippen LogP contribution in [0.5, 0.6) is 0 Å². The van der Waals surface area contributed by atoms with Crippen molar-refractivity contribution < 1.29 is 18.0 Å². The highest BCUT2D eigenvalue weighted by molar-refractivity contribution is 5.95. The molecule has 0 aliphatic carbocycles. The first-order chi connectivity index (χ1) is 10.4. The van der Waals surface area contributed by atoms with Gasteiger partial charge >= 0.3 is 6.18 Å². The average Bonchev–Trinajstić information content (AvgIpc) is 2.64. The Labute approximate surface area is 125 Å². The summed E-state index contributed by atoms with van der Waals surface area (Å²) in [7, 11) is 0. The van der Waals surface area contributed by atoms with Crippen molar-refractivity contribution in [2.24, 2.45) is 0 Å². The third-order valence-corrected chi connectivity index (χ3v) is 3.53. The predicted molar refractivity (Wildman–Crippen MR) is 77.6 cm³/mol. The van der Waals surface area contributed by atoms with E-state index >= 15 is 0 Å². The van der Waals surface area contributed by atoms with E-state index in [1.54, 1.807) is 23.1 Å². The molecule has 114 valence electrons. The van der Waals surface area contributed by atoms with Gasteiger partial charge in [0.1, 0.15) is 0 Å². The molecule has 0 saturated heterocycles. The second-order valence-corrected chi connectivity index (χ2v) is 5.11. The highest BCUT2D eigenvalue weighted by Crippen LogP contribution is 2.32. The normalized spacial score (nSPS) is 15.0. The maximum absolute atomic E-state index is 12.8. The highest BCUT2D eigenvalue weighted by Gasteiger charge is 2.31. The quantitative estimate of drug-likeness (QED) is 0.872. The number of fused-ring (bicyclic) bond motifs is 1. The largest absolute Gasteiger partial charge is 0.416 e. The first-order valence-corrected chi connectivity index (χ1v) is 6.73. The average molecular weight is 306 g/mol. The third-order valence-electron chi connectivity index (χ3n) is 3.53. The number of nitrogens with zero attached hydrogens (tertiary/aromatic N) is 1. The minimum Gasteiger partial charge on any atom is -0.358 e. The maximum Gasteiger partial charge on any atom is 0.416 e. The van der Waals surface area contributed by atoms with Crippen molar-refractivity contribution in [3.05, 3.63) is 59.7 Å². The van der Waals surface area contributed by atoms with Crippen LogP contribution in [0.2, 0.25) is 0 Å². The number of hydrogen-bond acceptors (Lipinski definition) is 2. The standard InChI is InChI=1S/C16H13F3N2O/c17-16(18,19)12-5-3-6-13(8-12)21-9-11-4-1-2-7-14(11)20-15(22)10-21/h1-8H,9-10H2,(H,20,22). The first kappa shape index (κ1) is 14.4. The Morgan fingerprint density at radius 1 is 1.00 bits per heavy atom. The van der Waals surface area contributed by atoms with E-state index in [4.69, 9.17) is 0 Å². The summed E-state index contributed by atoms with van der Waals surface area (Å²) < 4.78 is 38.5. The third kappa shape index (κ3) is 2.90. The molecule has 0 atom stereocenters. The van der Waals surface area contributed by atoms with Crippen LogP contribution in [0, 0.1) is 0 Å². The molecule has 22 heavy (non-hydrogen) atoms. The Bertz CT molecular complexity index is 713. The molecule has 1 amide bonds. The van der Waals surface area contributed by atoms with Crippen LogP contribution >= 0.6 is 0 Å². The molecule has 1 heterocycles. The molecular formula is C16H13F3N2O. The number of carbonyl (C=O) groups excluding carboxylic acids is 1. The molecule has 0 spiro atoms. The van der Waals surface area contributed by atoms with E-state index in [-0.39, 0.29) is 12.5 Å². The second-order valence-electron chi connectivity index (χ2n) is 5.11. The van der Waals surface area contributed by atoms with Gasteiger partial charge in [-0.3, -0.25) is 4.79 Å². The number of halogens is 3. The van der Waals surface area contributed by atoms with Gasteiger partial charge in [-0.1, -0.05) is 24.3 Å². The summed E-state index contributed by atoms with van der Waals surface area (Å²) in [5.74, 6) is -0.248. The Morgan fingerprint density at radius 3 is 2.55 bits per heavy atom. The molecule has 0 saturated carbocycles. The number of nitrogens with one attached hydrogen (secondary N) is 1. The second kappa shape index (κ2) is 5.36. The lowest BCUT2D eigenvalue weighted by Gasteiger charge is -2.22. The molecule has 0 fully saturated rings. The van der Waals surface area contributed by atoms with Crippen LogP contribution in [0.3, 0.4) is 0 Å². The summed E-state index contributed by atoms with van der Waals surface area (Å²) in [6, 6.07) is 12.3. The molecule has 3 rings (SSSR count). The van der Waals surface area contributed by atoms with Crippen molar-refractivity contribution >= 4 is 17.3 Å². The van der Waals surface area contributed by atoms with E-state index < -0.39 is 11.7 Å². The first-order valence-electron chi connectivity index (χ1n) is 6.73. The molecule has 1 aliphatic rings. The Hall–Kier alpha value is -2.50. The molecule has 0 aromatic heterocycles. The molecule has 2 aromatic rings. The predicted octanol–water partition coefficient (Wildman–Crippen LogP) is 3.66. The minimum absolute atomic E-state index is 0.00991. The van der Waals surface area contributed by atoms with Gasteiger partial charge in [0.15, 0.2) is 0 Å². The lowest BCUT2D eigenvalue weighted by molar-refractivity contribution is -0.137. The van der Waals surface area contributed by atoms with Crippen molar-refractivity contribution in [3.8, 4) is 0 Å². The summed E-state index contributed by atoms with van der Waals surface area (Å²) in [5.41, 5.74) is 1.22. The molecule has 0 radical (unpaired) electrons. The Morgan fingerprint density at radius 2 is 1.77 bits per heavy atom. The highest BCUT2D eigenvalue weighted by atomic mass is 19.4. The number of alkyl halides is 3. The number of carbonyl (C=O) groups is 1. The summed E-state index contributed by atoms with van der Waals surface area (Å²) in [5, 5.41) is 2.76. The van der Waals surface area contributed by atoms with Crippen LogP contribution in [-0.4, -0.2) is 12.5 Å². The molecule has 6 heteroatoms. The summed E-state index contributed by atoms with van der Waals surface area (Å²) >= 11 is 0. The number of anilines is 2. The zero-order valence-electron chi connectivity index (χ0n) is 11.5. The molecule has 1 N–H and O–H groups in total. The minimum atomic E-state index is -4.40. The van der Waals surface area contributed by atoms with Crippen molar-refractivity contribution in [2.45, 2.75) is 12.7 Å². The SMILES string of the molecule is O=C1CN(c2cccc(C(F)(F)F)c2)Cc2ccccc2N1. The van der Waals surface area contributed by atoms with Gasteiger partial charge in [0.05, 0.1) is 12.1 Å². The zero-order valence-corrected chi connectivity index (χ0v) is 11.5. The lowest BCUT2D eigenvalue weighted by atomic mass is 10.1. The summed E-state index contributed by atoms with van der Waals surface area (Å²) in [4.78, 5) is 13.6. The van der Waals surface area contributed by atoms with Gasteiger partial charge in [0.25, 0.3) is 0 Å². The fourth-order valence-corrected chi connectivity index (χ4v) is 2.47. The van der Waals surface area contributed by atoms with E-state index in [0.717, 1.165) is 17.7 Å². The van der Waals surface area contributed by atoms with Crippen LogP contribution in [-0.2, 0) is 17.5 Å². The van der Waals surface area contributed by atoms with Crippen molar-refractivity contribution in [1.82, 2.24) is 0 Å². The Balaban J connectivity index is 1.97. The van der Waals surface area contributed by atoms with E-state index in [0.29, 0.717) is 17.9 Å². The summed E-state index contributed by atoms with van der Waals surface area (Å²) in [6.45, 7) is 0.381. The fraction of sp³-hybridized carbons (Fsp3) is 0.188. The molecule has 0 unspecified atom stereocenters. The lowest BCUT2D eigenvalue weighted by Crippen LogP contribution is -2.29. The van der Waals surface area contributed by atoms with Crippen LogP contribution in [0.25, 0.3) is 0 Å². The molecule has 1 aliphatic heterocycles. The van der Waals surface area contributed by atoms with Crippen molar-refractivity contribution in [1.29, 1.82) is 0 Å². The topological polar surface area (TPSA) is 32.3 Å². The maximum atomic E-state index is 12.8. The monoisotopic (exact) mass is 306 g/mol. The van der Waals surface area contributed by atoms with Gasteiger partial charge in [-0.25, -0.2) is 0 Å². The molecular weight excluding hydrogens is 293 g/mol. The molecule has 0 bridgehead atoms. The number of hydrogen-bond donors (Lipinski definition) is 1. The van der Waals surface area contributed by atoms with Crippen LogP contribution in [0.15, 0.2) is 48.5 Å². The van der Waals surface area contributed by atoms with Crippen molar-refractivity contribution in [2.75, 3.05) is 16.8 Å². The number of amides is 1. The number of para-hydroxylation sites is 1.